The summed E-state index contributed by atoms with van der Waals surface area (Å²) in [5, 5.41) is 0.895. The molecular weight excluding hydrogens is 386 g/mol. The Kier molecular flexibility index (Phi) is 6.69. The van der Waals surface area contributed by atoms with Gasteiger partial charge >= 0.3 is 0 Å². The van der Waals surface area contributed by atoms with Gasteiger partial charge in [0.2, 0.25) is 21.1 Å². The molecule has 1 unspecified atom stereocenters. The van der Waals surface area contributed by atoms with Gasteiger partial charge in [0.1, 0.15) is 11.9 Å². The van der Waals surface area contributed by atoms with Crippen LogP contribution in [0.4, 0.5) is 5.13 Å². The first kappa shape index (κ1) is 20.5. The standard InChI is InChI=1S/C17H29N5O3S2/c1-3-4-7-15(22-10-6-13-27(22,24)25)16(23)20-8-5-9-21(12-11-20)17-18-14(2)19-26-17/h15H,3-13H2,1-2H3. The summed E-state index contributed by atoms with van der Waals surface area (Å²) in [4.78, 5) is 21.7. The average molecular weight is 416 g/mol. The van der Waals surface area contributed by atoms with E-state index in [0.29, 0.717) is 39.0 Å². The maximum atomic E-state index is 13.3. The van der Waals surface area contributed by atoms with E-state index >= 15 is 0 Å². The summed E-state index contributed by atoms with van der Waals surface area (Å²) in [5.74, 6) is 0.892. The van der Waals surface area contributed by atoms with Crippen molar-refractivity contribution in [2.75, 3.05) is 43.4 Å². The molecule has 0 radical (unpaired) electrons. The third-order valence-electron chi connectivity index (χ3n) is 5.20. The number of hydrogen-bond acceptors (Lipinski definition) is 7. The van der Waals surface area contributed by atoms with Crippen LogP contribution in [-0.4, -0.2) is 77.4 Å². The fourth-order valence-corrected chi connectivity index (χ4v) is 6.20. The van der Waals surface area contributed by atoms with Crippen molar-refractivity contribution in [3.63, 3.8) is 0 Å². The first-order valence-corrected chi connectivity index (χ1v) is 12.1. The predicted octanol–water partition coefficient (Wildman–Crippen LogP) is 1.48. The van der Waals surface area contributed by atoms with Crippen LogP contribution in [0.1, 0.15) is 44.9 Å². The molecule has 1 aromatic heterocycles. The zero-order chi connectivity index (χ0) is 19.4. The number of aryl methyl sites for hydroxylation is 1. The third kappa shape index (κ3) is 4.78. The van der Waals surface area contributed by atoms with Gasteiger partial charge in [-0.25, -0.2) is 13.4 Å². The van der Waals surface area contributed by atoms with Crippen LogP contribution in [0.2, 0.25) is 0 Å². The highest BCUT2D eigenvalue weighted by molar-refractivity contribution is 7.89. The van der Waals surface area contributed by atoms with E-state index in [4.69, 9.17) is 0 Å². The van der Waals surface area contributed by atoms with Crippen LogP contribution >= 0.6 is 11.5 Å². The Morgan fingerprint density at radius 2 is 2.00 bits per heavy atom. The molecule has 1 amide bonds. The molecule has 8 nitrogen and oxygen atoms in total. The highest BCUT2D eigenvalue weighted by Crippen LogP contribution is 2.24. The van der Waals surface area contributed by atoms with Crippen LogP contribution in [0, 0.1) is 6.92 Å². The van der Waals surface area contributed by atoms with E-state index in [1.807, 2.05) is 11.8 Å². The van der Waals surface area contributed by atoms with E-state index in [2.05, 4.69) is 21.2 Å². The van der Waals surface area contributed by atoms with Crippen molar-refractivity contribution in [2.24, 2.45) is 0 Å². The first-order chi connectivity index (χ1) is 12.9. The quantitative estimate of drug-likeness (QED) is 0.699. The summed E-state index contributed by atoms with van der Waals surface area (Å²) in [7, 11) is -3.30. The molecule has 0 aromatic carbocycles. The van der Waals surface area contributed by atoms with E-state index < -0.39 is 16.1 Å². The highest BCUT2D eigenvalue weighted by Gasteiger charge is 2.39. The molecule has 0 spiro atoms. The molecule has 0 N–H and O–H groups in total. The van der Waals surface area contributed by atoms with Crippen molar-refractivity contribution < 1.29 is 13.2 Å². The van der Waals surface area contributed by atoms with Gasteiger partial charge in [-0.1, -0.05) is 19.8 Å². The molecule has 1 atom stereocenters. The Hall–Kier alpha value is -1.26. The summed E-state index contributed by atoms with van der Waals surface area (Å²) in [6.45, 7) is 7.19. The van der Waals surface area contributed by atoms with Gasteiger partial charge in [0, 0.05) is 44.3 Å². The van der Waals surface area contributed by atoms with Crippen LogP contribution in [0.15, 0.2) is 0 Å². The van der Waals surface area contributed by atoms with Gasteiger partial charge < -0.3 is 9.80 Å². The Bertz CT molecular complexity index is 752. The molecule has 27 heavy (non-hydrogen) atoms. The van der Waals surface area contributed by atoms with Crippen LogP contribution in [0.5, 0.6) is 0 Å². The highest BCUT2D eigenvalue weighted by atomic mass is 32.2. The molecule has 152 valence electrons. The van der Waals surface area contributed by atoms with Crippen molar-refractivity contribution in [1.29, 1.82) is 0 Å². The number of hydrogen-bond donors (Lipinski definition) is 0. The summed E-state index contributed by atoms with van der Waals surface area (Å²) in [6.07, 6.45) is 3.86. The third-order valence-corrected chi connectivity index (χ3v) is 8.02. The minimum absolute atomic E-state index is 0.0378. The summed E-state index contributed by atoms with van der Waals surface area (Å²) in [6, 6.07) is -0.548. The van der Waals surface area contributed by atoms with E-state index in [-0.39, 0.29) is 11.7 Å². The predicted molar refractivity (Wildman–Crippen MR) is 106 cm³/mol. The number of sulfonamides is 1. The molecular formula is C17H29N5O3S2. The number of carbonyl (C=O) groups is 1. The first-order valence-electron chi connectivity index (χ1n) is 9.76. The maximum Gasteiger partial charge on any atom is 0.241 e. The zero-order valence-corrected chi connectivity index (χ0v) is 17.8. The Morgan fingerprint density at radius 1 is 1.19 bits per heavy atom. The minimum atomic E-state index is -3.30. The second kappa shape index (κ2) is 8.83. The summed E-state index contributed by atoms with van der Waals surface area (Å²) in [5.41, 5.74) is 0. The van der Waals surface area contributed by atoms with Crippen molar-refractivity contribution in [2.45, 2.75) is 52.0 Å². The summed E-state index contributed by atoms with van der Waals surface area (Å²) >= 11 is 1.39. The van der Waals surface area contributed by atoms with E-state index in [1.54, 1.807) is 0 Å². The monoisotopic (exact) mass is 415 g/mol. The van der Waals surface area contributed by atoms with E-state index in [1.165, 1.54) is 15.8 Å². The topological polar surface area (TPSA) is 86.7 Å². The van der Waals surface area contributed by atoms with Gasteiger partial charge in [-0.2, -0.15) is 8.68 Å². The minimum Gasteiger partial charge on any atom is -0.345 e. The Balaban J connectivity index is 1.70. The summed E-state index contributed by atoms with van der Waals surface area (Å²) < 4.78 is 30.5. The molecule has 2 saturated heterocycles. The van der Waals surface area contributed by atoms with Crippen molar-refractivity contribution in [1.82, 2.24) is 18.6 Å². The smallest absolute Gasteiger partial charge is 0.241 e. The van der Waals surface area contributed by atoms with Crippen LogP contribution in [0.3, 0.4) is 0 Å². The lowest BCUT2D eigenvalue weighted by atomic mass is 10.1. The average Bonchev–Trinajstić information content (AvgIpc) is 3.12. The van der Waals surface area contributed by atoms with Gasteiger partial charge in [0.15, 0.2) is 0 Å². The Labute approximate surface area is 165 Å². The second-order valence-corrected chi connectivity index (χ2v) is 10.00. The van der Waals surface area contributed by atoms with Crippen LogP contribution in [-0.2, 0) is 14.8 Å². The van der Waals surface area contributed by atoms with Gasteiger partial charge in [0.25, 0.3) is 0 Å². The number of anilines is 1. The number of carbonyl (C=O) groups excluding carboxylic acids is 1. The maximum absolute atomic E-state index is 13.3. The van der Waals surface area contributed by atoms with Crippen LogP contribution < -0.4 is 4.90 Å². The molecule has 1 aromatic rings. The molecule has 2 aliphatic rings. The van der Waals surface area contributed by atoms with Gasteiger partial charge in [-0.3, -0.25) is 4.79 Å². The largest absolute Gasteiger partial charge is 0.345 e. The lowest BCUT2D eigenvalue weighted by Gasteiger charge is -2.31. The fraction of sp³-hybridized carbons (Fsp3) is 0.824. The van der Waals surface area contributed by atoms with Crippen molar-refractivity contribution in [3.05, 3.63) is 5.82 Å². The fourth-order valence-electron chi connectivity index (χ4n) is 3.75. The van der Waals surface area contributed by atoms with Gasteiger partial charge in [-0.05, 0) is 26.2 Å². The molecule has 3 heterocycles. The van der Waals surface area contributed by atoms with Crippen molar-refractivity contribution in [3.8, 4) is 0 Å². The SMILES string of the molecule is CCCCC(C(=O)N1CCCN(c2nc(C)ns2)CC1)N1CCCS1(=O)=O. The number of rotatable bonds is 6. The normalized spacial score (nSPS) is 22.0. The molecule has 2 aliphatic heterocycles. The van der Waals surface area contributed by atoms with E-state index in [9.17, 15) is 13.2 Å². The molecule has 0 saturated carbocycles. The number of amides is 1. The molecule has 3 rings (SSSR count). The number of unbranched alkanes of at least 4 members (excludes halogenated alkanes) is 1. The number of nitrogens with zero attached hydrogens (tertiary/aromatic N) is 5. The molecule has 0 aliphatic carbocycles. The van der Waals surface area contributed by atoms with Gasteiger partial charge in [0.05, 0.1) is 5.75 Å². The van der Waals surface area contributed by atoms with Crippen molar-refractivity contribution >= 4 is 32.6 Å². The number of aromatic nitrogens is 2. The van der Waals surface area contributed by atoms with Crippen LogP contribution in [0.25, 0.3) is 0 Å². The lowest BCUT2D eigenvalue weighted by molar-refractivity contribution is -0.135. The zero-order valence-electron chi connectivity index (χ0n) is 16.1. The molecule has 10 heteroatoms. The second-order valence-electron chi connectivity index (χ2n) is 7.23. The Morgan fingerprint density at radius 3 is 2.63 bits per heavy atom. The van der Waals surface area contributed by atoms with Gasteiger partial charge in [-0.15, -0.1) is 0 Å². The molecule has 2 fully saturated rings. The molecule has 0 bridgehead atoms. The van der Waals surface area contributed by atoms with E-state index in [0.717, 1.165) is 36.8 Å². The lowest BCUT2D eigenvalue weighted by Crippen LogP contribution is -2.50.